The maximum absolute atomic E-state index is 12.7. The Kier molecular flexibility index (Phi) is 5.67. The smallest absolute Gasteiger partial charge is 0.251 e. The zero-order chi connectivity index (χ0) is 19.6. The first-order valence-electron chi connectivity index (χ1n) is 9.76. The minimum Gasteiger partial charge on any atom is -0.388 e. The average Bonchev–Trinajstić information content (AvgIpc) is 3.48. The standard InChI is InChI=1S/C23H25NO2S2/c1-16(25)20-8-9-21(28-20)23(11-2-3-12-23)15-24-22(26)18-6-4-17(5-7-18)19-10-13-27-14-19/h4-10,13-14,16,25H,2-3,11-12,15H2,1H3,(H,24,26). The number of rotatable bonds is 6. The number of aliphatic hydroxyl groups is 1. The summed E-state index contributed by atoms with van der Waals surface area (Å²) in [7, 11) is 0. The molecule has 2 heterocycles. The fourth-order valence-electron chi connectivity index (χ4n) is 4.02. The number of carbonyl (C=O) groups excluding carboxylic acids is 1. The van der Waals surface area contributed by atoms with Crippen molar-refractivity contribution in [2.24, 2.45) is 0 Å². The fourth-order valence-corrected chi connectivity index (χ4v) is 5.87. The van der Waals surface area contributed by atoms with Crippen molar-refractivity contribution in [3.05, 3.63) is 68.5 Å². The lowest BCUT2D eigenvalue weighted by Crippen LogP contribution is -2.38. The molecule has 1 atom stereocenters. The van der Waals surface area contributed by atoms with Gasteiger partial charge in [0.15, 0.2) is 0 Å². The second-order valence-electron chi connectivity index (χ2n) is 7.64. The second kappa shape index (κ2) is 8.19. The maximum atomic E-state index is 12.7. The summed E-state index contributed by atoms with van der Waals surface area (Å²) < 4.78 is 0. The van der Waals surface area contributed by atoms with E-state index >= 15 is 0 Å². The lowest BCUT2D eigenvalue weighted by atomic mass is 9.84. The summed E-state index contributed by atoms with van der Waals surface area (Å²) in [5, 5.41) is 17.2. The van der Waals surface area contributed by atoms with Crippen LogP contribution in [-0.2, 0) is 5.41 Å². The summed E-state index contributed by atoms with van der Waals surface area (Å²) in [6.07, 6.45) is 4.11. The summed E-state index contributed by atoms with van der Waals surface area (Å²) in [4.78, 5) is 15.0. The Morgan fingerprint density at radius 1 is 1.11 bits per heavy atom. The minimum absolute atomic E-state index is 0.00405. The van der Waals surface area contributed by atoms with E-state index in [1.54, 1.807) is 29.6 Å². The van der Waals surface area contributed by atoms with Gasteiger partial charge < -0.3 is 10.4 Å². The molecule has 4 rings (SSSR count). The Hall–Kier alpha value is -1.95. The Balaban J connectivity index is 1.46. The highest BCUT2D eigenvalue weighted by Gasteiger charge is 2.37. The van der Waals surface area contributed by atoms with Gasteiger partial charge >= 0.3 is 0 Å². The van der Waals surface area contributed by atoms with E-state index in [-0.39, 0.29) is 11.3 Å². The van der Waals surface area contributed by atoms with Crippen LogP contribution in [0.15, 0.2) is 53.2 Å². The number of hydrogen-bond donors (Lipinski definition) is 2. The van der Waals surface area contributed by atoms with Gasteiger partial charge in [-0.25, -0.2) is 0 Å². The van der Waals surface area contributed by atoms with Crippen LogP contribution in [-0.4, -0.2) is 17.6 Å². The maximum Gasteiger partial charge on any atom is 0.251 e. The van der Waals surface area contributed by atoms with Gasteiger partial charge in [0, 0.05) is 27.3 Å². The summed E-state index contributed by atoms with van der Waals surface area (Å²) in [6, 6.07) is 14.1. The Morgan fingerprint density at radius 3 is 2.46 bits per heavy atom. The van der Waals surface area contributed by atoms with Crippen molar-refractivity contribution >= 4 is 28.6 Å². The molecule has 146 valence electrons. The van der Waals surface area contributed by atoms with Crippen molar-refractivity contribution < 1.29 is 9.90 Å². The highest BCUT2D eigenvalue weighted by Crippen LogP contribution is 2.44. The van der Waals surface area contributed by atoms with E-state index < -0.39 is 6.10 Å². The number of aliphatic hydroxyl groups excluding tert-OH is 1. The van der Waals surface area contributed by atoms with Gasteiger partial charge in [-0.15, -0.1) is 11.3 Å². The largest absolute Gasteiger partial charge is 0.388 e. The lowest BCUT2D eigenvalue weighted by molar-refractivity contribution is 0.0943. The van der Waals surface area contributed by atoms with E-state index in [9.17, 15) is 9.90 Å². The summed E-state index contributed by atoms with van der Waals surface area (Å²) >= 11 is 3.36. The molecule has 0 bridgehead atoms. The SMILES string of the molecule is CC(O)c1ccc(C2(CNC(=O)c3ccc(-c4ccsc4)cc3)CCCC2)s1. The van der Waals surface area contributed by atoms with Crippen molar-refractivity contribution in [2.45, 2.75) is 44.1 Å². The van der Waals surface area contributed by atoms with Crippen LogP contribution in [0, 0.1) is 0 Å². The van der Waals surface area contributed by atoms with E-state index in [4.69, 9.17) is 0 Å². The number of carbonyl (C=O) groups is 1. The van der Waals surface area contributed by atoms with Crippen molar-refractivity contribution in [3.63, 3.8) is 0 Å². The molecule has 2 N–H and O–H groups in total. The topological polar surface area (TPSA) is 49.3 Å². The molecule has 1 amide bonds. The number of benzene rings is 1. The van der Waals surface area contributed by atoms with Gasteiger partial charge in [-0.1, -0.05) is 25.0 Å². The molecular weight excluding hydrogens is 386 g/mol. The predicted octanol–water partition coefficient (Wildman–Crippen LogP) is 5.77. The zero-order valence-corrected chi connectivity index (χ0v) is 17.6. The van der Waals surface area contributed by atoms with E-state index in [1.165, 1.54) is 23.3 Å². The summed E-state index contributed by atoms with van der Waals surface area (Å²) in [6.45, 7) is 2.45. The highest BCUT2D eigenvalue weighted by atomic mass is 32.1. The second-order valence-corrected chi connectivity index (χ2v) is 9.53. The van der Waals surface area contributed by atoms with E-state index in [2.05, 4.69) is 28.2 Å². The summed E-state index contributed by atoms with van der Waals surface area (Å²) in [5.74, 6) is -0.0181. The van der Waals surface area contributed by atoms with Crippen LogP contribution in [0.3, 0.4) is 0 Å². The number of hydrogen-bond acceptors (Lipinski definition) is 4. The summed E-state index contributed by atoms with van der Waals surface area (Å²) in [5.41, 5.74) is 3.02. The highest BCUT2D eigenvalue weighted by molar-refractivity contribution is 7.12. The molecule has 0 spiro atoms. The molecule has 0 radical (unpaired) electrons. The number of amides is 1. The molecule has 1 fully saturated rings. The van der Waals surface area contributed by atoms with Crippen LogP contribution in [0.2, 0.25) is 0 Å². The molecule has 1 saturated carbocycles. The van der Waals surface area contributed by atoms with Crippen LogP contribution in [0.1, 0.15) is 58.8 Å². The van der Waals surface area contributed by atoms with Gasteiger partial charge in [0.05, 0.1) is 6.10 Å². The van der Waals surface area contributed by atoms with Crippen LogP contribution in [0.4, 0.5) is 0 Å². The van der Waals surface area contributed by atoms with Crippen LogP contribution in [0.5, 0.6) is 0 Å². The first kappa shape index (κ1) is 19.4. The van der Waals surface area contributed by atoms with Crippen molar-refractivity contribution in [1.29, 1.82) is 0 Å². The molecule has 1 unspecified atom stereocenters. The van der Waals surface area contributed by atoms with Crippen molar-refractivity contribution in [2.75, 3.05) is 6.54 Å². The normalized spacial score (nSPS) is 16.8. The van der Waals surface area contributed by atoms with Gasteiger partial charge in [-0.3, -0.25) is 4.79 Å². The lowest BCUT2D eigenvalue weighted by Gasteiger charge is -2.28. The molecular formula is C23H25NO2S2. The third-order valence-electron chi connectivity index (χ3n) is 5.71. The molecule has 3 nitrogen and oxygen atoms in total. The molecule has 1 aromatic carbocycles. The van der Waals surface area contributed by atoms with Crippen molar-refractivity contribution in [1.82, 2.24) is 5.32 Å². The van der Waals surface area contributed by atoms with Gasteiger partial charge in [0.1, 0.15) is 0 Å². The molecule has 1 aliphatic rings. The van der Waals surface area contributed by atoms with Crippen LogP contribution < -0.4 is 5.32 Å². The minimum atomic E-state index is -0.437. The molecule has 2 aromatic heterocycles. The van der Waals surface area contributed by atoms with Gasteiger partial charge in [0.25, 0.3) is 5.91 Å². The fraction of sp³-hybridized carbons (Fsp3) is 0.348. The number of thiophene rings is 2. The van der Waals surface area contributed by atoms with Gasteiger partial charge in [0.2, 0.25) is 0 Å². The predicted molar refractivity (Wildman–Crippen MR) is 117 cm³/mol. The third-order valence-corrected chi connectivity index (χ3v) is 7.90. The Morgan fingerprint density at radius 2 is 1.86 bits per heavy atom. The first-order valence-corrected chi connectivity index (χ1v) is 11.5. The molecule has 0 saturated heterocycles. The monoisotopic (exact) mass is 411 g/mol. The molecule has 5 heteroatoms. The van der Waals surface area contributed by atoms with E-state index in [1.807, 2.05) is 30.3 Å². The van der Waals surface area contributed by atoms with Crippen molar-refractivity contribution in [3.8, 4) is 11.1 Å². The van der Waals surface area contributed by atoms with Crippen LogP contribution in [0.25, 0.3) is 11.1 Å². The zero-order valence-electron chi connectivity index (χ0n) is 16.0. The molecule has 28 heavy (non-hydrogen) atoms. The van der Waals surface area contributed by atoms with Gasteiger partial charge in [-0.2, -0.15) is 11.3 Å². The van der Waals surface area contributed by atoms with Gasteiger partial charge in [-0.05, 0) is 72.0 Å². The average molecular weight is 412 g/mol. The first-order chi connectivity index (χ1) is 13.6. The van der Waals surface area contributed by atoms with Crippen LogP contribution >= 0.6 is 22.7 Å². The quantitative estimate of drug-likeness (QED) is 0.541. The Bertz CT molecular complexity index is 920. The van der Waals surface area contributed by atoms with E-state index in [0.717, 1.165) is 23.3 Å². The number of nitrogens with one attached hydrogen (secondary N) is 1. The molecule has 1 aliphatic carbocycles. The van der Waals surface area contributed by atoms with E-state index in [0.29, 0.717) is 12.1 Å². The molecule has 0 aliphatic heterocycles. The third kappa shape index (κ3) is 3.93. The molecule has 3 aromatic rings. The Labute approximate surface area is 174 Å².